The van der Waals surface area contributed by atoms with Crippen molar-refractivity contribution in [2.24, 2.45) is 5.92 Å². The van der Waals surface area contributed by atoms with Crippen molar-refractivity contribution in [2.75, 3.05) is 81.9 Å². The lowest BCUT2D eigenvalue weighted by molar-refractivity contribution is 0.0690. The standard InChI is InChI=1S/C30H39N7O5/c1-20(2)28(31)27-23(21-5-6-25(33-19-21)36(9-13-40-3)10-14-41-4)18-24(30(38)39)35-29(27)34-22-7-8-32-26(17-22)37-11-15-42-16-12-37/h5-8,17-20,31H,9-16H2,1-4H3,(H,38,39)(H,32,34,35). The Balaban J connectivity index is 1.76. The summed E-state index contributed by atoms with van der Waals surface area (Å²) in [5.74, 6) is 0.499. The van der Waals surface area contributed by atoms with Crippen LogP contribution in [0.4, 0.5) is 23.1 Å². The third-order valence-corrected chi connectivity index (χ3v) is 6.94. The summed E-state index contributed by atoms with van der Waals surface area (Å²) < 4.78 is 16.0. The van der Waals surface area contributed by atoms with Crippen molar-refractivity contribution in [3.63, 3.8) is 0 Å². The molecule has 3 aromatic heterocycles. The van der Waals surface area contributed by atoms with Gasteiger partial charge < -0.3 is 39.8 Å². The van der Waals surface area contributed by atoms with E-state index in [2.05, 4.69) is 25.1 Å². The Labute approximate surface area is 246 Å². The summed E-state index contributed by atoms with van der Waals surface area (Å²) in [5.41, 5.74) is 2.63. The molecule has 0 saturated carbocycles. The summed E-state index contributed by atoms with van der Waals surface area (Å²) >= 11 is 0. The molecule has 0 aromatic carbocycles. The van der Waals surface area contributed by atoms with Crippen molar-refractivity contribution < 1.29 is 24.1 Å². The second kappa shape index (κ2) is 14.7. The first-order valence-corrected chi connectivity index (χ1v) is 13.9. The average Bonchev–Trinajstić information content (AvgIpc) is 3.01. The number of hydrogen-bond donors (Lipinski definition) is 3. The quantitative estimate of drug-likeness (QED) is 0.239. The number of methoxy groups -OCH3 is 2. The molecular weight excluding hydrogens is 538 g/mol. The Morgan fingerprint density at radius 3 is 2.43 bits per heavy atom. The van der Waals surface area contributed by atoms with Gasteiger partial charge in [-0.2, -0.15) is 0 Å². The maximum absolute atomic E-state index is 12.2. The Morgan fingerprint density at radius 1 is 1.12 bits per heavy atom. The molecule has 1 aliphatic rings. The molecule has 224 valence electrons. The van der Waals surface area contributed by atoms with Crippen molar-refractivity contribution in [1.29, 1.82) is 5.41 Å². The van der Waals surface area contributed by atoms with Gasteiger partial charge in [-0.25, -0.2) is 19.7 Å². The number of carboxylic acid groups (broad SMARTS) is 1. The molecule has 0 aliphatic carbocycles. The highest BCUT2D eigenvalue weighted by atomic mass is 16.5. The zero-order chi connectivity index (χ0) is 30.1. The minimum Gasteiger partial charge on any atom is -0.477 e. The third kappa shape index (κ3) is 7.58. The van der Waals surface area contributed by atoms with Crippen LogP contribution in [-0.4, -0.2) is 98.6 Å². The SMILES string of the molecule is COCCN(CCOC)c1ccc(-c2cc(C(=O)O)nc(Nc3ccnc(N4CCOCC4)c3)c2C(=N)C(C)C)cn1. The number of aromatic nitrogens is 3. The number of morpholine rings is 1. The summed E-state index contributed by atoms with van der Waals surface area (Å²) in [7, 11) is 3.31. The lowest BCUT2D eigenvalue weighted by atomic mass is 9.92. The first-order valence-electron chi connectivity index (χ1n) is 13.9. The number of hydrogen-bond acceptors (Lipinski definition) is 11. The Bertz CT molecular complexity index is 1350. The molecule has 0 unspecified atom stereocenters. The molecule has 12 heteroatoms. The van der Waals surface area contributed by atoms with Gasteiger partial charge in [-0.15, -0.1) is 0 Å². The molecule has 3 N–H and O–H groups in total. The molecule has 0 amide bonds. The number of rotatable bonds is 14. The van der Waals surface area contributed by atoms with Crippen molar-refractivity contribution in [1.82, 2.24) is 15.0 Å². The van der Waals surface area contributed by atoms with Crippen molar-refractivity contribution in [3.05, 3.63) is 54.0 Å². The van der Waals surface area contributed by atoms with Gasteiger partial charge in [-0.1, -0.05) is 13.8 Å². The van der Waals surface area contributed by atoms with Crippen LogP contribution in [0.25, 0.3) is 11.1 Å². The topological polar surface area (TPSA) is 146 Å². The lowest BCUT2D eigenvalue weighted by Crippen LogP contribution is -2.36. The highest BCUT2D eigenvalue weighted by Gasteiger charge is 2.23. The van der Waals surface area contributed by atoms with E-state index in [1.165, 1.54) is 6.07 Å². The summed E-state index contributed by atoms with van der Waals surface area (Å²) in [4.78, 5) is 30.0. The minimum atomic E-state index is -1.17. The molecule has 3 aromatic rings. The van der Waals surface area contributed by atoms with E-state index in [0.717, 1.165) is 24.7 Å². The molecule has 42 heavy (non-hydrogen) atoms. The molecule has 1 aliphatic heterocycles. The molecule has 0 bridgehead atoms. The normalized spacial score (nSPS) is 13.3. The number of aromatic carboxylic acids is 1. The number of anilines is 4. The number of carbonyl (C=O) groups is 1. The van der Waals surface area contributed by atoms with Crippen LogP contribution >= 0.6 is 0 Å². The molecule has 12 nitrogen and oxygen atoms in total. The fraction of sp³-hybridized carbons (Fsp3) is 0.433. The van der Waals surface area contributed by atoms with Crippen LogP contribution in [0.2, 0.25) is 0 Å². The summed E-state index contributed by atoms with van der Waals surface area (Å²) in [6.45, 7) is 8.92. The van der Waals surface area contributed by atoms with Crippen LogP contribution in [0, 0.1) is 11.3 Å². The molecule has 1 saturated heterocycles. The van der Waals surface area contributed by atoms with E-state index >= 15 is 0 Å². The van der Waals surface area contributed by atoms with E-state index in [1.807, 2.05) is 32.0 Å². The summed E-state index contributed by atoms with van der Waals surface area (Å²) in [6.07, 6.45) is 3.40. The second-order valence-corrected chi connectivity index (χ2v) is 10.2. The van der Waals surface area contributed by atoms with Crippen molar-refractivity contribution >= 4 is 34.8 Å². The maximum atomic E-state index is 12.2. The molecule has 1 fully saturated rings. The van der Waals surface area contributed by atoms with Crippen LogP contribution in [0.15, 0.2) is 42.7 Å². The maximum Gasteiger partial charge on any atom is 0.354 e. The largest absolute Gasteiger partial charge is 0.477 e. The van der Waals surface area contributed by atoms with Crippen LogP contribution in [0.1, 0.15) is 29.9 Å². The Hall–Kier alpha value is -4.13. The first-order chi connectivity index (χ1) is 20.3. The number of carboxylic acids is 1. The van der Waals surface area contributed by atoms with Gasteiger partial charge in [0.05, 0.1) is 26.4 Å². The fourth-order valence-electron chi connectivity index (χ4n) is 4.61. The molecule has 4 rings (SSSR count). The van der Waals surface area contributed by atoms with E-state index in [-0.39, 0.29) is 17.4 Å². The Kier molecular flexibility index (Phi) is 10.8. The first kappa shape index (κ1) is 30.8. The second-order valence-electron chi connectivity index (χ2n) is 10.2. The molecular formula is C30H39N7O5. The minimum absolute atomic E-state index is 0.138. The third-order valence-electron chi connectivity index (χ3n) is 6.94. The number of ether oxygens (including phenoxy) is 3. The highest BCUT2D eigenvalue weighted by Crippen LogP contribution is 2.34. The van der Waals surface area contributed by atoms with Gasteiger partial charge in [0.1, 0.15) is 17.5 Å². The van der Waals surface area contributed by atoms with E-state index < -0.39 is 5.97 Å². The fourth-order valence-corrected chi connectivity index (χ4v) is 4.61. The lowest BCUT2D eigenvalue weighted by Gasteiger charge is -2.28. The van der Waals surface area contributed by atoms with Crippen molar-refractivity contribution in [3.8, 4) is 11.1 Å². The predicted molar refractivity (Wildman–Crippen MR) is 163 cm³/mol. The number of pyridine rings is 3. The van der Waals surface area contributed by atoms with Crippen molar-refractivity contribution in [2.45, 2.75) is 13.8 Å². The van der Waals surface area contributed by atoms with Gasteiger partial charge in [0, 0.05) is 81.4 Å². The van der Waals surface area contributed by atoms with Crippen LogP contribution in [0.5, 0.6) is 0 Å². The van der Waals surface area contributed by atoms with E-state index in [0.29, 0.717) is 67.6 Å². The molecule has 0 radical (unpaired) electrons. The zero-order valence-electron chi connectivity index (χ0n) is 24.6. The summed E-state index contributed by atoms with van der Waals surface area (Å²) in [6, 6.07) is 8.98. The summed E-state index contributed by atoms with van der Waals surface area (Å²) in [5, 5.41) is 22.3. The van der Waals surface area contributed by atoms with Gasteiger partial charge in [0.15, 0.2) is 5.69 Å². The van der Waals surface area contributed by atoms with E-state index in [1.54, 1.807) is 32.7 Å². The van der Waals surface area contributed by atoms with E-state index in [4.69, 9.17) is 24.6 Å². The molecule has 0 atom stereocenters. The van der Waals surface area contributed by atoms with Gasteiger partial charge >= 0.3 is 5.97 Å². The van der Waals surface area contributed by atoms with Gasteiger partial charge in [-0.05, 0) is 35.7 Å². The monoisotopic (exact) mass is 577 g/mol. The molecule has 0 spiro atoms. The zero-order valence-corrected chi connectivity index (χ0v) is 24.6. The average molecular weight is 578 g/mol. The molecule has 4 heterocycles. The van der Waals surface area contributed by atoms with Gasteiger partial charge in [0.25, 0.3) is 0 Å². The van der Waals surface area contributed by atoms with Crippen LogP contribution < -0.4 is 15.1 Å². The van der Waals surface area contributed by atoms with Crippen LogP contribution in [-0.2, 0) is 14.2 Å². The van der Waals surface area contributed by atoms with Crippen LogP contribution in [0.3, 0.4) is 0 Å². The smallest absolute Gasteiger partial charge is 0.354 e. The number of nitrogens with zero attached hydrogens (tertiary/aromatic N) is 5. The highest BCUT2D eigenvalue weighted by molar-refractivity contribution is 6.10. The predicted octanol–water partition coefficient (Wildman–Crippen LogP) is 3.94. The van der Waals surface area contributed by atoms with Gasteiger partial charge in [-0.3, -0.25) is 0 Å². The van der Waals surface area contributed by atoms with Gasteiger partial charge in [0.2, 0.25) is 0 Å². The Morgan fingerprint density at radius 2 is 1.83 bits per heavy atom. The van der Waals surface area contributed by atoms with E-state index in [9.17, 15) is 9.90 Å². The number of nitrogens with one attached hydrogen (secondary N) is 2.